The summed E-state index contributed by atoms with van der Waals surface area (Å²) in [6.45, 7) is 2.48. The molecule has 2 aromatic rings. The fourth-order valence-electron chi connectivity index (χ4n) is 1.78. The molecule has 2 rings (SSSR count). The lowest BCUT2D eigenvalue weighted by molar-refractivity contribution is 0.101. The largest absolute Gasteiger partial charge is 0.333 e. The third kappa shape index (κ3) is 2.07. The molecule has 104 valence electrons. The molecule has 0 aliphatic heterocycles. The summed E-state index contributed by atoms with van der Waals surface area (Å²) in [5.74, 6) is -2.71. The van der Waals surface area contributed by atoms with Crippen LogP contribution in [-0.4, -0.2) is 15.3 Å². The number of aromatic amines is 1. The van der Waals surface area contributed by atoms with E-state index in [-0.39, 0.29) is 15.7 Å². The average molecular weight is 280 g/mol. The average Bonchev–Trinajstić information content (AvgIpc) is 2.37. The SMILES string of the molecule is CC(=O)c1c[nH]c(=O)n(-c2c(F)ccc(C)c2F)c1=O. The highest BCUT2D eigenvalue weighted by Crippen LogP contribution is 2.18. The molecule has 7 heteroatoms. The Bertz CT molecular complexity index is 821. The van der Waals surface area contributed by atoms with Gasteiger partial charge in [0, 0.05) is 6.20 Å². The van der Waals surface area contributed by atoms with E-state index in [0.717, 1.165) is 19.2 Å². The first-order valence-electron chi connectivity index (χ1n) is 5.65. The molecule has 0 saturated carbocycles. The second kappa shape index (κ2) is 4.84. The van der Waals surface area contributed by atoms with Gasteiger partial charge >= 0.3 is 5.69 Å². The molecule has 1 aromatic carbocycles. The Labute approximate surface area is 111 Å². The Morgan fingerprint density at radius 3 is 2.50 bits per heavy atom. The van der Waals surface area contributed by atoms with E-state index in [2.05, 4.69) is 4.98 Å². The zero-order valence-corrected chi connectivity index (χ0v) is 10.7. The lowest BCUT2D eigenvalue weighted by Crippen LogP contribution is -2.37. The van der Waals surface area contributed by atoms with Crippen LogP contribution < -0.4 is 11.2 Å². The zero-order valence-electron chi connectivity index (χ0n) is 10.7. The Hall–Kier alpha value is -2.57. The normalized spacial score (nSPS) is 10.6. The Balaban J connectivity index is 2.94. The molecule has 1 heterocycles. The molecule has 20 heavy (non-hydrogen) atoms. The molecule has 0 unspecified atom stereocenters. The fourth-order valence-corrected chi connectivity index (χ4v) is 1.78. The number of H-pyrrole nitrogens is 1. The van der Waals surface area contributed by atoms with Gasteiger partial charge in [-0.15, -0.1) is 0 Å². The zero-order chi connectivity index (χ0) is 15.0. The van der Waals surface area contributed by atoms with Gasteiger partial charge in [0.25, 0.3) is 5.56 Å². The van der Waals surface area contributed by atoms with Crippen LogP contribution >= 0.6 is 0 Å². The number of nitrogens with zero attached hydrogens (tertiary/aromatic N) is 1. The molecule has 0 radical (unpaired) electrons. The summed E-state index contributed by atoms with van der Waals surface area (Å²) in [5, 5.41) is 0. The minimum Gasteiger partial charge on any atom is -0.313 e. The van der Waals surface area contributed by atoms with Gasteiger partial charge < -0.3 is 4.98 Å². The molecule has 0 aliphatic rings. The van der Waals surface area contributed by atoms with Crippen LogP contribution in [0.25, 0.3) is 5.69 Å². The molecule has 1 aromatic heterocycles. The molecule has 0 fully saturated rings. The van der Waals surface area contributed by atoms with Gasteiger partial charge in [0.2, 0.25) is 0 Å². The molecule has 1 N–H and O–H groups in total. The quantitative estimate of drug-likeness (QED) is 0.843. The fraction of sp³-hybridized carbons (Fsp3) is 0.154. The van der Waals surface area contributed by atoms with Crippen LogP contribution in [0, 0.1) is 18.6 Å². The third-order valence-electron chi connectivity index (χ3n) is 2.84. The number of Topliss-reactive ketones (excluding diaryl/α,β-unsaturated/α-hetero) is 1. The summed E-state index contributed by atoms with van der Waals surface area (Å²) in [6, 6.07) is 2.13. The summed E-state index contributed by atoms with van der Waals surface area (Å²) in [4.78, 5) is 37.1. The van der Waals surface area contributed by atoms with E-state index in [1.54, 1.807) is 0 Å². The summed E-state index contributed by atoms with van der Waals surface area (Å²) >= 11 is 0. The summed E-state index contributed by atoms with van der Waals surface area (Å²) in [7, 11) is 0. The van der Waals surface area contributed by atoms with E-state index in [1.807, 2.05) is 0 Å². The topological polar surface area (TPSA) is 71.9 Å². The first-order chi connectivity index (χ1) is 9.34. The minimum atomic E-state index is -1.07. The maximum absolute atomic E-state index is 14.0. The van der Waals surface area contributed by atoms with Gasteiger partial charge in [-0.3, -0.25) is 9.59 Å². The van der Waals surface area contributed by atoms with Crippen LogP contribution in [0.15, 0.2) is 27.9 Å². The third-order valence-corrected chi connectivity index (χ3v) is 2.84. The predicted octanol–water partition coefficient (Wildman–Crippen LogP) is 1.32. The minimum absolute atomic E-state index is 0.0703. The first-order valence-corrected chi connectivity index (χ1v) is 5.65. The lowest BCUT2D eigenvalue weighted by atomic mass is 10.2. The van der Waals surface area contributed by atoms with E-state index in [4.69, 9.17) is 0 Å². The number of hydrogen-bond donors (Lipinski definition) is 1. The molecule has 0 amide bonds. The molecular formula is C13H10F2N2O3. The van der Waals surface area contributed by atoms with Crippen molar-refractivity contribution in [3.63, 3.8) is 0 Å². The smallest absolute Gasteiger partial charge is 0.313 e. The van der Waals surface area contributed by atoms with Crippen molar-refractivity contribution in [1.82, 2.24) is 9.55 Å². The van der Waals surface area contributed by atoms with Gasteiger partial charge in [-0.1, -0.05) is 6.07 Å². The molecule has 0 aliphatic carbocycles. The van der Waals surface area contributed by atoms with E-state index in [9.17, 15) is 23.2 Å². The Morgan fingerprint density at radius 1 is 1.25 bits per heavy atom. The monoisotopic (exact) mass is 280 g/mol. The summed E-state index contributed by atoms with van der Waals surface area (Å²) in [5.41, 5.74) is -3.17. The van der Waals surface area contributed by atoms with Crippen molar-refractivity contribution in [3.8, 4) is 5.69 Å². The molecule has 0 spiro atoms. The molecule has 0 bridgehead atoms. The highest BCUT2D eigenvalue weighted by molar-refractivity contribution is 5.93. The van der Waals surface area contributed by atoms with E-state index < -0.39 is 34.4 Å². The van der Waals surface area contributed by atoms with Gasteiger partial charge in [-0.25, -0.2) is 18.1 Å². The number of ketones is 1. The molecule has 0 saturated heterocycles. The van der Waals surface area contributed by atoms with Crippen molar-refractivity contribution in [2.24, 2.45) is 0 Å². The summed E-state index contributed by atoms with van der Waals surface area (Å²) in [6.07, 6.45) is 0.926. The van der Waals surface area contributed by atoms with E-state index >= 15 is 0 Å². The van der Waals surface area contributed by atoms with Gasteiger partial charge in [-0.05, 0) is 25.5 Å². The Morgan fingerprint density at radius 2 is 1.90 bits per heavy atom. The highest BCUT2D eigenvalue weighted by Gasteiger charge is 2.19. The van der Waals surface area contributed by atoms with Crippen molar-refractivity contribution in [3.05, 3.63) is 61.9 Å². The van der Waals surface area contributed by atoms with Crippen LogP contribution in [0.5, 0.6) is 0 Å². The van der Waals surface area contributed by atoms with Crippen LogP contribution in [0.3, 0.4) is 0 Å². The Kier molecular flexibility index (Phi) is 3.35. The number of halogens is 2. The van der Waals surface area contributed by atoms with Crippen molar-refractivity contribution in [1.29, 1.82) is 0 Å². The predicted molar refractivity (Wildman–Crippen MR) is 67.3 cm³/mol. The second-order valence-electron chi connectivity index (χ2n) is 4.23. The second-order valence-corrected chi connectivity index (χ2v) is 4.23. The lowest BCUT2D eigenvalue weighted by Gasteiger charge is -2.09. The number of aryl methyl sites for hydroxylation is 1. The van der Waals surface area contributed by atoms with Crippen molar-refractivity contribution in [2.75, 3.05) is 0 Å². The van der Waals surface area contributed by atoms with Crippen molar-refractivity contribution < 1.29 is 13.6 Å². The number of nitrogens with one attached hydrogen (secondary N) is 1. The van der Waals surface area contributed by atoms with Crippen molar-refractivity contribution >= 4 is 5.78 Å². The standard InChI is InChI=1S/C13H10F2N2O3/c1-6-3-4-9(14)11(10(6)15)17-12(19)8(7(2)18)5-16-13(17)20/h3-5H,1-2H3,(H,16,20). The number of aromatic nitrogens is 2. The molecular weight excluding hydrogens is 270 g/mol. The summed E-state index contributed by atoms with van der Waals surface area (Å²) < 4.78 is 28.1. The van der Waals surface area contributed by atoms with Crippen LogP contribution in [0.1, 0.15) is 22.8 Å². The maximum atomic E-state index is 14.0. The van der Waals surface area contributed by atoms with Gasteiger partial charge in [-0.2, -0.15) is 0 Å². The maximum Gasteiger partial charge on any atom is 0.333 e. The van der Waals surface area contributed by atoms with Gasteiger partial charge in [0.05, 0.1) is 5.56 Å². The van der Waals surface area contributed by atoms with Gasteiger partial charge in [0.15, 0.2) is 17.4 Å². The molecule has 5 nitrogen and oxygen atoms in total. The number of hydrogen-bond acceptors (Lipinski definition) is 3. The number of rotatable bonds is 2. The van der Waals surface area contributed by atoms with Crippen LogP contribution in [0.2, 0.25) is 0 Å². The number of benzene rings is 1. The number of carbonyl (C=O) groups excluding carboxylic acids is 1. The molecule has 0 atom stereocenters. The number of carbonyl (C=O) groups is 1. The first kappa shape index (κ1) is 13.9. The van der Waals surface area contributed by atoms with Crippen LogP contribution in [0.4, 0.5) is 8.78 Å². The van der Waals surface area contributed by atoms with Crippen molar-refractivity contribution in [2.45, 2.75) is 13.8 Å². The highest BCUT2D eigenvalue weighted by atomic mass is 19.1. The van der Waals surface area contributed by atoms with E-state index in [1.165, 1.54) is 13.0 Å². The van der Waals surface area contributed by atoms with E-state index in [0.29, 0.717) is 0 Å². The van der Waals surface area contributed by atoms with Crippen LogP contribution in [-0.2, 0) is 0 Å². The van der Waals surface area contributed by atoms with Gasteiger partial charge in [0.1, 0.15) is 5.69 Å².